The second-order valence-electron chi connectivity index (χ2n) is 2.82. The summed E-state index contributed by atoms with van der Waals surface area (Å²) in [5.74, 6) is 0. The lowest BCUT2D eigenvalue weighted by atomic mass is 10.5. The van der Waals surface area contributed by atoms with E-state index >= 15 is 0 Å². The van der Waals surface area contributed by atoms with E-state index < -0.39 is 0 Å². The minimum atomic E-state index is 1.50. The maximum atomic E-state index is 3.78. The van der Waals surface area contributed by atoms with Crippen LogP contribution in [0.4, 0.5) is 0 Å². The largest absolute Gasteiger partial charge is 0.265 e. The van der Waals surface area contributed by atoms with Gasteiger partial charge in [-0.1, -0.05) is 6.07 Å². The fraction of sp³-hybridized carbons (Fsp3) is 0. The maximum absolute atomic E-state index is 3.78. The van der Waals surface area contributed by atoms with Gasteiger partial charge in [0, 0.05) is 49.6 Å². The smallest absolute Gasteiger partial charge is 0.115 e. The molecule has 3 heterocycles. The first-order chi connectivity index (χ1) is 9.00. The van der Waals surface area contributed by atoms with Crippen molar-refractivity contribution in [1.82, 2.24) is 24.9 Å². The number of hydrogen-bond donors (Lipinski definition) is 0. The number of aromatic nitrogens is 5. The van der Waals surface area contributed by atoms with Gasteiger partial charge in [-0.3, -0.25) is 15.0 Å². The van der Waals surface area contributed by atoms with Crippen LogP contribution in [0.25, 0.3) is 0 Å². The predicted molar refractivity (Wildman–Crippen MR) is 68.3 cm³/mol. The van der Waals surface area contributed by atoms with Crippen molar-refractivity contribution in [2.75, 3.05) is 0 Å². The number of pyridine rings is 1. The third kappa shape index (κ3) is 8.60. The van der Waals surface area contributed by atoms with Crippen molar-refractivity contribution in [3.8, 4) is 0 Å². The van der Waals surface area contributed by atoms with Gasteiger partial charge in [0.1, 0.15) is 6.33 Å². The summed E-state index contributed by atoms with van der Waals surface area (Å²) in [6.07, 6.45) is 14.9. The SMILES string of the molecule is c1ccncc1.c1cnccn1.c1cncnc1. The molecule has 0 aliphatic rings. The highest BCUT2D eigenvalue weighted by Gasteiger charge is 1.60. The van der Waals surface area contributed by atoms with Gasteiger partial charge in [0.2, 0.25) is 0 Å². The quantitative estimate of drug-likeness (QED) is 0.600. The number of hydrogen-bond acceptors (Lipinski definition) is 5. The Morgan fingerprint density at radius 1 is 0.333 bits per heavy atom. The zero-order chi connectivity index (χ0) is 12.7. The number of rotatable bonds is 0. The Morgan fingerprint density at radius 2 is 0.778 bits per heavy atom. The normalized spacial score (nSPS) is 8.00. The van der Waals surface area contributed by atoms with Crippen LogP contribution < -0.4 is 0 Å². The van der Waals surface area contributed by atoms with Crippen LogP contribution in [0.15, 0.2) is 80.2 Å². The minimum Gasteiger partial charge on any atom is -0.265 e. The lowest BCUT2D eigenvalue weighted by Crippen LogP contribution is -1.66. The average Bonchev–Trinajstić information content (AvgIpc) is 2.54. The summed E-state index contributed by atoms with van der Waals surface area (Å²) < 4.78 is 0. The van der Waals surface area contributed by atoms with E-state index in [1.807, 2.05) is 18.2 Å². The molecular formula is C13H13N5. The Hall–Kier alpha value is -2.69. The predicted octanol–water partition coefficient (Wildman–Crippen LogP) is 2.03. The molecule has 5 heteroatoms. The van der Waals surface area contributed by atoms with Gasteiger partial charge >= 0.3 is 0 Å². The molecule has 0 aliphatic heterocycles. The Kier molecular flexibility index (Phi) is 8.04. The highest BCUT2D eigenvalue weighted by Crippen LogP contribution is 1.73. The van der Waals surface area contributed by atoms with Gasteiger partial charge in [-0.05, 0) is 18.2 Å². The van der Waals surface area contributed by atoms with Crippen LogP contribution in [0, 0.1) is 0 Å². The standard InChI is InChI=1S/C5H5N.2C4H4N2/c1-2-4-6-5-3-1;1-2-6-4-3-5-1;1-2-5-4-6-3-1/h1-5H;2*1-4H. The van der Waals surface area contributed by atoms with Crippen LogP contribution in [0.3, 0.4) is 0 Å². The molecule has 90 valence electrons. The molecule has 0 aliphatic carbocycles. The van der Waals surface area contributed by atoms with Gasteiger partial charge in [-0.25, -0.2) is 9.97 Å². The third-order valence-corrected chi connectivity index (χ3v) is 1.52. The number of nitrogens with zero attached hydrogens (tertiary/aromatic N) is 5. The van der Waals surface area contributed by atoms with Gasteiger partial charge in [0.25, 0.3) is 0 Å². The van der Waals surface area contributed by atoms with Gasteiger partial charge in [-0.2, -0.15) is 0 Å². The highest BCUT2D eigenvalue weighted by molar-refractivity contribution is 4.88. The molecule has 0 unspecified atom stereocenters. The average molecular weight is 239 g/mol. The molecule has 3 aromatic heterocycles. The molecule has 0 radical (unpaired) electrons. The summed E-state index contributed by atoms with van der Waals surface area (Å²) in [6.45, 7) is 0. The summed E-state index contributed by atoms with van der Waals surface area (Å²) in [6, 6.07) is 7.49. The molecule has 0 saturated heterocycles. The monoisotopic (exact) mass is 239 g/mol. The third-order valence-electron chi connectivity index (χ3n) is 1.52. The van der Waals surface area contributed by atoms with Crippen LogP contribution in [0.1, 0.15) is 0 Å². The topological polar surface area (TPSA) is 64.5 Å². The summed E-state index contributed by atoms with van der Waals surface area (Å²) in [7, 11) is 0. The minimum absolute atomic E-state index is 1.50. The van der Waals surface area contributed by atoms with Crippen molar-refractivity contribution in [2.24, 2.45) is 0 Å². The van der Waals surface area contributed by atoms with Crippen molar-refractivity contribution in [3.05, 3.63) is 80.2 Å². The molecule has 0 bridgehead atoms. The molecule has 0 spiro atoms. The zero-order valence-corrected chi connectivity index (χ0v) is 9.74. The van der Waals surface area contributed by atoms with E-state index in [2.05, 4.69) is 24.9 Å². The van der Waals surface area contributed by atoms with E-state index in [0.29, 0.717) is 0 Å². The molecule has 0 fully saturated rings. The van der Waals surface area contributed by atoms with Crippen LogP contribution in [0.2, 0.25) is 0 Å². The van der Waals surface area contributed by atoms with E-state index in [0.717, 1.165) is 0 Å². The summed E-state index contributed by atoms with van der Waals surface area (Å²) >= 11 is 0. The highest BCUT2D eigenvalue weighted by atomic mass is 14.8. The lowest BCUT2D eigenvalue weighted by molar-refractivity contribution is 1.17. The van der Waals surface area contributed by atoms with Gasteiger partial charge in [0.05, 0.1) is 0 Å². The summed E-state index contributed by atoms with van der Waals surface area (Å²) in [5, 5.41) is 0. The Morgan fingerprint density at radius 3 is 0.944 bits per heavy atom. The fourth-order valence-corrected chi connectivity index (χ4v) is 0.819. The molecule has 18 heavy (non-hydrogen) atoms. The first-order valence-electron chi connectivity index (χ1n) is 5.25. The van der Waals surface area contributed by atoms with Gasteiger partial charge in [0.15, 0.2) is 0 Å². The first kappa shape index (κ1) is 13.4. The first-order valence-corrected chi connectivity index (χ1v) is 5.25. The molecule has 0 aromatic carbocycles. The van der Waals surface area contributed by atoms with E-state index in [1.165, 1.54) is 6.33 Å². The molecule has 0 atom stereocenters. The van der Waals surface area contributed by atoms with Crippen LogP contribution in [-0.2, 0) is 0 Å². The summed E-state index contributed by atoms with van der Waals surface area (Å²) in [4.78, 5) is 18.6. The van der Waals surface area contributed by atoms with Gasteiger partial charge < -0.3 is 0 Å². The zero-order valence-electron chi connectivity index (χ0n) is 9.74. The fourth-order valence-electron chi connectivity index (χ4n) is 0.819. The molecule has 3 rings (SSSR count). The lowest BCUT2D eigenvalue weighted by Gasteiger charge is -1.70. The maximum Gasteiger partial charge on any atom is 0.115 e. The van der Waals surface area contributed by atoms with Crippen LogP contribution in [-0.4, -0.2) is 24.9 Å². The van der Waals surface area contributed by atoms with Gasteiger partial charge in [-0.15, -0.1) is 0 Å². The molecule has 3 aromatic rings. The van der Waals surface area contributed by atoms with E-state index in [4.69, 9.17) is 0 Å². The van der Waals surface area contributed by atoms with E-state index in [9.17, 15) is 0 Å². The van der Waals surface area contributed by atoms with Crippen molar-refractivity contribution >= 4 is 0 Å². The Balaban J connectivity index is 0.000000135. The molecule has 0 saturated carbocycles. The van der Waals surface area contributed by atoms with Crippen molar-refractivity contribution in [2.45, 2.75) is 0 Å². The van der Waals surface area contributed by atoms with Crippen molar-refractivity contribution in [1.29, 1.82) is 0 Å². The second kappa shape index (κ2) is 10.8. The van der Waals surface area contributed by atoms with Crippen molar-refractivity contribution < 1.29 is 0 Å². The molecular weight excluding hydrogens is 226 g/mol. The van der Waals surface area contributed by atoms with E-state index in [1.54, 1.807) is 55.6 Å². The Labute approximate surface area is 106 Å². The molecule has 0 amide bonds. The van der Waals surface area contributed by atoms with Crippen molar-refractivity contribution in [3.63, 3.8) is 0 Å². The van der Waals surface area contributed by atoms with Crippen LogP contribution in [0.5, 0.6) is 0 Å². The Bertz CT molecular complexity index is 306. The summed E-state index contributed by atoms with van der Waals surface area (Å²) in [5.41, 5.74) is 0. The molecule has 0 N–H and O–H groups in total. The van der Waals surface area contributed by atoms with E-state index in [-0.39, 0.29) is 0 Å². The second-order valence-corrected chi connectivity index (χ2v) is 2.82. The molecule has 5 nitrogen and oxygen atoms in total. The van der Waals surface area contributed by atoms with Crippen LogP contribution >= 0.6 is 0 Å².